The lowest BCUT2D eigenvalue weighted by molar-refractivity contribution is -0.117. The van der Waals surface area contributed by atoms with Crippen molar-refractivity contribution >= 4 is 17.9 Å². The molecule has 0 unspecified atom stereocenters. The molecule has 0 saturated heterocycles. The summed E-state index contributed by atoms with van der Waals surface area (Å²) in [5.41, 5.74) is 5.64. The number of fused-ring (bicyclic) bond motifs is 1. The van der Waals surface area contributed by atoms with E-state index in [2.05, 4.69) is 10.9 Å². The lowest BCUT2D eigenvalue weighted by Gasteiger charge is -2.10. The number of hydrogen-bond acceptors (Lipinski definition) is 6. The van der Waals surface area contributed by atoms with Crippen LogP contribution >= 0.6 is 0 Å². The Morgan fingerprint density at radius 2 is 1.85 bits per heavy atom. The minimum Gasteiger partial charge on any atom is -0.493 e. The van der Waals surface area contributed by atoms with E-state index in [9.17, 15) is 9.59 Å². The van der Waals surface area contributed by atoms with Crippen molar-refractivity contribution in [1.82, 2.24) is 10.9 Å². The van der Waals surface area contributed by atoms with Gasteiger partial charge in [0.2, 0.25) is 6.79 Å². The lowest BCUT2D eigenvalue weighted by atomic mass is 10.1. The van der Waals surface area contributed by atoms with E-state index in [-0.39, 0.29) is 6.79 Å². The van der Waals surface area contributed by atoms with Crippen LogP contribution in [0.5, 0.6) is 23.0 Å². The monoisotopic (exact) mass is 370 g/mol. The molecule has 3 rings (SSSR count). The van der Waals surface area contributed by atoms with E-state index in [4.69, 9.17) is 18.9 Å². The van der Waals surface area contributed by atoms with Gasteiger partial charge in [0.15, 0.2) is 23.0 Å². The number of rotatable bonds is 5. The van der Waals surface area contributed by atoms with Crippen molar-refractivity contribution in [3.05, 3.63) is 53.6 Å². The van der Waals surface area contributed by atoms with Crippen LogP contribution < -0.4 is 29.8 Å². The number of carbonyl (C=O) groups excluding carboxylic acids is 2. The van der Waals surface area contributed by atoms with Crippen LogP contribution in [0.4, 0.5) is 0 Å². The Balaban J connectivity index is 1.60. The zero-order chi connectivity index (χ0) is 19.2. The molecule has 8 nitrogen and oxygen atoms in total. The van der Waals surface area contributed by atoms with Gasteiger partial charge in [-0.3, -0.25) is 20.4 Å². The first-order valence-electron chi connectivity index (χ1n) is 8.01. The average molecular weight is 370 g/mol. The molecule has 0 radical (unpaired) electrons. The summed E-state index contributed by atoms with van der Waals surface area (Å²) in [6.45, 7) is 0.121. The number of hydrogen-bond donors (Lipinski definition) is 2. The van der Waals surface area contributed by atoms with Crippen molar-refractivity contribution in [2.45, 2.75) is 0 Å². The predicted octanol–water partition coefficient (Wildman–Crippen LogP) is 1.91. The zero-order valence-corrected chi connectivity index (χ0v) is 14.8. The fourth-order valence-corrected chi connectivity index (χ4v) is 2.48. The third-order valence-corrected chi connectivity index (χ3v) is 3.78. The molecule has 27 heavy (non-hydrogen) atoms. The number of carbonyl (C=O) groups is 2. The minimum atomic E-state index is -0.506. The third-order valence-electron chi connectivity index (χ3n) is 3.78. The van der Waals surface area contributed by atoms with Crippen LogP contribution in [0.2, 0.25) is 0 Å². The molecule has 1 aliphatic heterocycles. The zero-order valence-electron chi connectivity index (χ0n) is 14.8. The maximum absolute atomic E-state index is 12.1. The third kappa shape index (κ3) is 4.12. The van der Waals surface area contributed by atoms with Crippen LogP contribution in [0.1, 0.15) is 15.9 Å². The molecular weight excluding hydrogens is 352 g/mol. The second kappa shape index (κ2) is 8.13. The molecule has 1 aliphatic rings. The summed E-state index contributed by atoms with van der Waals surface area (Å²) in [6, 6.07) is 10.1. The molecule has 0 aliphatic carbocycles. The number of nitrogens with one attached hydrogen (secondary N) is 2. The fourth-order valence-electron chi connectivity index (χ4n) is 2.48. The van der Waals surface area contributed by atoms with Gasteiger partial charge in [-0.15, -0.1) is 0 Å². The van der Waals surface area contributed by atoms with Crippen LogP contribution in [0.25, 0.3) is 6.08 Å². The SMILES string of the molecule is COc1cccc(/C=C/C(=O)NNC(=O)c2ccc3c(c2)OCO3)c1OC. The summed E-state index contributed by atoms with van der Waals surface area (Å²) in [4.78, 5) is 24.1. The number of methoxy groups -OCH3 is 2. The van der Waals surface area contributed by atoms with Crippen LogP contribution in [-0.4, -0.2) is 32.8 Å². The molecule has 2 amide bonds. The van der Waals surface area contributed by atoms with Gasteiger partial charge in [-0.05, 0) is 30.3 Å². The van der Waals surface area contributed by atoms with E-state index in [0.717, 1.165) is 0 Å². The lowest BCUT2D eigenvalue weighted by Crippen LogP contribution is -2.40. The van der Waals surface area contributed by atoms with Gasteiger partial charge in [0, 0.05) is 17.2 Å². The summed E-state index contributed by atoms with van der Waals surface area (Å²) in [7, 11) is 3.05. The summed E-state index contributed by atoms with van der Waals surface area (Å²) < 4.78 is 20.9. The quantitative estimate of drug-likeness (QED) is 0.617. The standard InChI is InChI=1S/C19H18N2O6/c1-24-15-5-3-4-12(18(15)25-2)7-9-17(22)20-21-19(23)13-6-8-14-16(10-13)27-11-26-14/h3-10H,11H2,1-2H3,(H,20,22)(H,21,23)/b9-7+. The molecular formula is C19H18N2O6. The number of ether oxygens (including phenoxy) is 4. The van der Waals surface area contributed by atoms with E-state index in [1.54, 1.807) is 42.5 Å². The second-order valence-corrected chi connectivity index (χ2v) is 5.43. The van der Waals surface area contributed by atoms with Crippen LogP contribution in [-0.2, 0) is 4.79 Å². The van der Waals surface area contributed by atoms with Crippen molar-refractivity contribution in [3.8, 4) is 23.0 Å². The van der Waals surface area contributed by atoms with Gasteiger partial charge >= 0.3 is 0 Å². The largest absolute Gasteiger partial charge is 0.493 e. The highest BCUT2D eigenvalue weighted by Crippen LogP contribution is 2.32. The number of amides is 2. The molecule has 2 aromatic rings. The molecule has 2 N–H and O–H groups in total. The minimum absolute atomic E-state index is 0.121. The van der Waals surface area contributed by atoms with E-state index in [1.807, 2.05) is 0 Å². The van der Waals surface area contributed by atoms with Gasteiger partial charge in [-0.2, -0.15) is 0 Å². The van der Waals surface area contributed by atoms with Crippen LogP contribution in [0, 0.1) is 0 Å². The van der Waals surface area contributed by atoms with E-state index < -0.39 is 11.8 Å². The Labute approximate surface area is 155 Å². The fraction of sp³-hybridized carbons (Fsp3) is 0.158. The van der Waals surface area contributed by atoms with Crippen molar-refractivity contribution in [3.63, 3.8) is 0 Å². The summed E-state index contributed by atoms with van der Waals surface area (Å²) >= 11 is 0. The molecule has 0 spiro atoms. The van der Waals surface area contributed by atoms with E-state index in [1.165, 1.54) is 20.3 Å². The first kappa shape index (κ1) is 18.1. The molecule has 0 bridgehead atoms. The Morgan fingerprint density at radius 3 is 2.63 bits per heavy atom. The Morgan fingerprint density at radius 1 is 1.04 bits per heavy atom. The predicted molar refractivity (Wildman–Crippen MR) is 96.8 cm³/mol. The first-order chi connectivity index (χ1) is 13.1. The smallest absolute Gasteiger partial charge is 0.269 e. The van der Waals surface area contributed by atoms with Crippen LogP contribution in [0.3, 0.4) is 0 Å². The molecule has 0 fully saturated rings. The molecule has 140 valence electrons. The summed E-state index contributed by atoms with van der Waals surface area (Å²) in [6.07, 6.45) is 2.83. The first-order valence-corrected chi connectivity index (χ1v) is 8.01. The van der Waals surface area contributed by atoms with E-state index in [0.29, 0.717) is 34.1 Å². The van der Waals surface area contributed by atoms with Gasteiger partial charge in [-0.1, -0.05) is 12.1 Å². The molecule has 0 aromatic heterocycles. The Hall–Kier alpha value is -3.68. The topological polar surface area (TPSA) is 95.1 Å². The molecule has 1 heterocycles. The Bertz CT molecular complexity index is 894. The summed E-state index contributed by atoms with van der Waals surface area (Å²) in [5, 5.41) is 0. The van der Waals surface area contributed by atoms with Gasteiger partial charge in [0.05, 0.1) is 14.2 Å². The Kier molecular flexibility index (Phi) is 5.46. The normalized spacial score (nSPS) is 11.9. The maximum Gasteiger partial charge on any atom is 0.269 e. The van der Waals surface area contributed by atoms with Gasteiger partial charge < -0.3 is 18.9 Å². The highest BCUT2D eigenvalue weighted by atomic mass is 16.7. The van der Waals surface area contributed by atoms with E-state index >= 15 is 0 Å². The van der Waals surface area contributed by atoms with Crippen molar-refractivity contribution in [1.29, 1.82) is 0 Å². The number of para-hydroxylation sites is 1. The van der Waals surface area contributed by atoms with Gasteiger partial charge in [-0.25, -0.2) is 0 Å². The molecule has 0 atom stereocenters. The number of benzene rings is 2. The average Bonchev–Trinajstić information content (AvgIpc) is 3.17. The molecule has 8 heteroatoms. The van der Waals surface area contributed by atoms with Crippen molar-refractivity contribution < 1.29 is 28.5 Å². The van der Waals surface area contributed by atoms with Gasteiger partial charge in [0.1, 0.15) is 0 Å². The summed E-state index contributed by atoms with van der Waals surface area (Å²) in [5.74, 6) is 1.14. The second-order valence-electron chi connectivity index (χ2n) is 5.43. The highest BCUT2D eigenvalue weighted by Gasteiger charge is 2.16. The number of hydrazine groups is 1. The van der Waals surface area contributed by atoms with Crippen molar-refractivity contribution in [2.75, 3.05) is 21.0 Å². The molecule has 0 saturated carbocycles. The van der Waals surface area contributed by atoms with Crippen molar-refractivity contribution in [2.24, 2.45) is 0 Å². The highest BCUT2D eigenvalue weighted by molar-refractivity contribution is 5.98. The molecule has 2 aromatic carbocycles. The maximum atomic E-state index is 12.1. The van der Waals surface area contributed by atoms with Crippen LogP contribution in [0.15, 0.2) is 42.5 Å². The van der Waals surface area contributed by atoms with Gasteiger partial charge in [0.25, 0.3) is 11.8 Å².